The van der Waals surface area contributed by atoms with E-state index >= 15 is 0 Å². The van der Waals surface area contributed by atoms with Gasteiger partial charge in [-0.15, -0.1) is 0 Å². The minimum absolute atomic E-state index is 0.0945. The number of nitrogens with zero attached hydrogens (tertiary/aromatic N) is 1. The van der Waals surface area contributed by atoms with Gasteiger partial charge >= 0.3 is 7.60 Å². The molecule has 0 aromatic heterocycles. The number of hydrogen-bond donors (Lipinski definition) is 1. The van der Waals surface area contributed by atoms with Crippen molar-refractivity contribution in [2.24, 2.45) is 0 Å². The number of nitrogens with one attached hydrogen (secondary N) is 1. The highest BCUT2D eigenvalue weighted by Crippen LogP contribution is 2.65. The van der Waals surface area contributed by atoms with Crippen LogP contribution in [0.3, 0.4) is 0 Å². The molecule has 2 rings (SSSR count). The van der Waals surface area contributed by atoms with Crippen molar-refractivity contribution in [2.45, 2.75) is 57.0 Å². The van der Waals surface area contributed by atoms with E-state index in [0.29, 0.717) is 0 Å². The Bertz CT molecular complexity index is 1060. The molecule has 0 aliphatic carbocycles. The smallest absolute Gasteiger partial charge is 0.304 e. The molecule has 0 bridgehead atoms. The van der Waals surface area contributed by atoms with Gasteiger partial charge in [-0.05, 0) is 52.3 Å². The number of benzene rings is 2. The lowest BCUT2D eigenvalue weighted by atomic mass is 10.1. The van der Waals surface area contributed by atoms with Crippen LogP contribution in [0.1, 0.15) is 38.8 Å². The van der Waals surface area contributed by atoms with Gasteiger partial charge in [-0.1, -0.05) is 48.0 Å². The average Bonchev–Trinajstić information content (AvgIpc) is 2.66. The van der Waals surface area contributed by atoms with Crippen LogP contribution in [0.15, 0.2) is 59.5 Å². The average molecular weight is 485 g/mol. The lowest BCUT2D eigenvalue weighted by Gasteiger charge is -2.38. The van der Waals surface area contributed by atoms with Crippen LogP contribution in [0.5, 0.6) is 0 Å². The molecule has 2 aromatic rings. The number of aryl methyl sites for hydroxylation is 1. The van der Waals surface area contributed by atoms with Crippen LogP contribution in [-0.4, -0.2) is 32.1 Å². The molecule has 11 heteroatoms. The Morgan fingerprint density at radius 1 is 1.00 bits per heavy atom. The summed E-state index contributed by atoms with van der Waals surface area (Å²) in [5.41, 5.74) is 0.928. The first-order chi connectivity index (χ1) is 14.8. The van der Waals surface area contributed by atoms with E-state index in [4.69, 9.17) is 9.05 Å². The highest BCUT2D eigenvalue weighted by molar-refractivity contribution is 7.89. The number of sulfonamides is 1. The third kappa shape index (κ3) is 6.02. The molecular weight excluding hydrogens is 455 g/mol. The number of nitro groups is 1. The topological polar surface area (TPSA) is 125 Å². The number of rotatable bonds is 11. The van der Waals surface area contributed by atoms with Crippen molar-refractivity contribution >= 4 is 17.6 Å². The van der Waals surface area contributed by atoms with Crippen LogP contribution in [0.25, 0.3) is 0 Å². The summed E-state index contributed by atoms with van der Waals surface area (Å²) in [5.74, 6) is 0. The van der Waals surface area contributed by atoms with Gasteiger partial charge in [-0.25, -0.2) is 8.42 Å². The summed E-state index contributed by atoms with van der Waals surface area (Å²) < 4.78 is 54.7. The van der Waals surface area contributed by atoms with Gasteiger partial charge in [0.25, 0.3) is 0 Å². The fraction of sp³-hybridized carbons (Fsp3) is 0.429. The molecule has 2 aromatic carbocycles. The maximum atomic E-state index is 14.3. The maximum Gasteiger partial charge on any atom is 0.363 e. The summed E-state index contributed by atoms with van der Waals surface area (Å²) in [6.45, 7) is 7.10. The van der Waals surface area contributed by atoms with Gasteiger partial charge in [0.05, 0.1) is 17.1 Å². The molecule has 0 aliphatic heterocycles. The summed E-state index contributed by atoms with van der Waals surface area (Å²) in [6.07, 6.45) is -1.34. The first kappa shape index (κ1) is 26.2. The van der Waals surface area contributed by atoms with E-state index in [9.17, 15) is 23.1 Å². The van der Waals surface area contributed by atoms with Gasteiger partial charge in [0.15, 0.2) is 0 Å². The van der Waals surface area contributed by atoms with Crippen LogP contribution < -0.4 is 4.72 Å². The normalized spacial score (nSPS) is 14.5. The fourth-order valence-electron chi connectivity index (χ4n) is 3.14. The predicted molar refractivity (Wildman–Crippen MR) is 122 cm³/mol. The Labute approximate surface area is 188 Å². The SMILES string of the molecule is Cc1ccc(S(=O)(=O)N[C@@](C[N+](=O)[O-])(c2ccccc2)P(=O)(OC(C)C)OC(C)C)cc1. The molecule has 0 amide bonds. The molecule has 0 saturated carbocycles. The number of hydrogen-bond acceptors (Lipinski definition) is 7. The summed E-state index contributed by atoms with van der Waals surface area (Å²) in [4.78, 5) is 10.9. The van der Waals surface area contributed by atoms with Crippen molar-refractivity contribution in [2.75, 3.05) is 6.54 Å². The molecule has 0 aliphatic rings. The molecule has 0 spiro atoms. The van der Waals surface area contributed by atoms with Gasteiger partial charge in [-0.2, -0.15) is 4.72 Å². The zero-order valence-corrected chi connectivity index (χ0v) is 20.4. The van der Waals surface area contributed by atoms with E-state index in [-0.39, 0.29) is 10.5 Å². The van der Waals surface area contributed by atoms with Crippen molar-refractivity contribution in [3.05, 3.63) is 75.8 Å². The lowest BCUT2D eigenvalue weighted by molar-refractivity contribution is -0.487. The van der Waals surface area contributed by atoms with E-state index in [1.54, 1.807) is 65.0 Å². The highest BCUT2D eigenvalue weighted by atomic mass is 32.2. The quantitative estimate of drug-likeness (QED) is 0.284. The molecule has 32 heavy (non-hydrogen) atoms. The third-order valence-corrected chi connectivity index (χ3v) is 8.92. The monoisotopic (exact) mass is 484 g/mol. The largest absolute Gasteiger partial charge is 0.363 e. The van der Waals surface area contributed by atoms with E-state index in [2.05, 4.69) is 4.72 Å². The summed E-state index contributed by atoms with van der Waals surface area (Å²) in [5, 5.41) is 9.50. The molecular formula is C21H29N2O7PS. The van der Waals surface area contributed by atoms with E-state index in [1.807, 2.05) is 0 Å². The Kier molecular flexibility index (Phi) is 8.36. The van der Waals surface area contributed by atoms with Crippen LogP contribution in [0.2, 0.25) is 0 Å². The van der Waals surface area contributed by atoms with Crippen LogP contribution in [0, 0.1) is 17.0 Å². The van der Waals surface area contributed by atoms with Crippen LogP contribution in [0.4, 0.5) is 0 Å². The molecule has 0 heterocycles. The highest BCUT2D eigenvalue weighted by Gasteiger charge is 2.60. The second-order valence-electron chi connectivity index (χ2n) is 7.94. The molecule has 0 saturated heterocycles. The van der Waals surface area contributed by atoms with Gasteiger partial charge < -0.3 is 9.05 Å². The summed E-state index contributed by atoms with van der Waals surface area (Å²) in [6, 6.07) is 13.7. The summed E-state index contributed by atoms with van der Waals surface area (Å²) >= 11 is 0. The molecule has 0 unspecified atom stereocenters. The second-order valence-corrected chi connectivity index (χ2v) is 11.8. The molecule has 0 fully saturated rings. The maximum absolute atomic E-state index is 14.3. The van der Waals surface area contributed by atoms with Crippen molar-refractivity contribution in [1.82, 2.24) is 4.72 Å². The van der Waals surface area contributed by atoms with Crippen molar-refractivity contribution < 1.29 is 27.0 Å². The van der Waals surface area contributed by atoms with Gasteiger partial charge in [-0.3, -0.25) is 14.7 Å². The second kappa shape index (κ2) is 10.2. The van der Waals surface area contributed by atoms with E-state index in [0.717, 1.165) is 5.56 Å². The van der Waals surface area contributed by atoms with Crippen molar-refractivity contribution in [1.29, 1.82) is 0 Å². The van der Waals surface area contributed by atoms with Crippen molar-refractivity contribution in [3.8, 4) is 0 Å². The predicted octanol–water partition coefficient (Wildman–Crippen LogP) is 4.45. The van der Waals surface area contributed by atoms with Gasteiger partial charge in [0.1, 0.15) is 0 Å². The van der Waals surface area contributed by atoms with E-state index in [1.165, 1.54) is 24.3 Å². The Morgan fingerprint density at radius 3 is 1.94 bits per heavy atom. The zero-order chi connectivity index (χ0) is 24.2. The van der Waals surface area contributed by atoms with E-state index < -0.39 is 46.6 Å². The van der Waals surface area contributed by atoms with Crippen LogP contribution in [-0.2, 0) is 28.9 Å². The van der Waals surface area contributed by atoms with Gasteiger partial charge in [0, 0.05) is 4.92 Å². The molecule has 1 N–H and O–H groups in total. The fourth-order valence-corrected chi connectivity index (χ4v) is 7.46. The van der Waals surface area contributed by atoms with Crippen LogP contribution >= 0.6 is 7.60 Å². The zero-order valence-electron chi connectivity index (χ0n) is 18.7. The lowest BCUT2D eigenvalue weighted by Crippen LogP contribution is -2.51. The first-order valence-corrected chi connectivity index (χ1v) is 13.1. The minimum Gasteiger partial charge on any atom is -0.304 e. The Balaban J connectivity index is 2.83. The summed E-state index contributed by atoms with van der Waals surface area (Å²) in [7, 11) is -8.88. The van der Waals surface area contributed by atoms with Crippen molar-refractivity contribution in [3.63, 3.8) is 0 Å². The first-order valence-electron chi connectivity index (χ1n) is 10.1. The molecule has 176 valence electrons. The third-order valence-electron chi connectivity index (χ3n) is 4.41. The Hall–Kier alpha value is -2.10. The molecule has 1 atom stereocenters. The molecule has 9 nitrogen and oxygen atoms in total. The Morgan fingerprint density at radius 2 is 1.50 bits per heavy atom. The standard InChI is InChI=1S/C21H29N2O7PS/c1-16(2)29-31(26,30-17(3)4)21(15-23(24)25,19-9-7-6-8-10-19)22-32(27,28)20-13-11-18(5)12-14-20/h6-14,16-17,22H,15H2,1-5H3/t21-/m1/s1. The minimum atomic E-state index is -4.51. The molecule has 0 radical (unpaired) electrons. The van der Waals surface area contributed by atoms with Gasteiger partial charge in [0.2, 0.25) is 21.8 Å².